The van der Waals surface area contributed by atoms with Crippen molar-refractivity contribution in [1.82, 2.24) is 4.98 Å². The van der Waals surface area contributed by atoms with Crippen LogP contribution in [-0.4, -0.2) is 30.6 Å². The van der Waals surface area contributed by atoms with Crippen molar-refractivity contribution in [2.24, 2.45) is 0 Å². The Morgan fingerprint density at radius 2 is 2.19 bits per heavy atom. The van der Waals surface area contributed by atoms with E-state index in [2.05, 4.69) is 10.3 Å². The third-order valence-corrected chi connectivity index (χ3v) is 4.16. The summed E-state index contributed by atoms with van der Waals surface area (Å²) in [5, 5.41) is 6.63. The highest BCUT2D eigenvalue weighted by Gasteiger charge is 2.16. The third-order valence-electron chi connectivity index (χ3n) is 2.46. The molecular formula is C13H14N2O4S2. The van der Waals surface area contributed by atoms with Gasteiger partial charge in [0, 0.05) is 5.38 Å². The Labute approximate surface area is 129 Å². The number of methoxy groups -OCH3 is 1. The topological polar surface area (TPSA) is 77.5 Å². The summed E-state index contributed by atoms with van der Waals surface area (Å²) in [7, 11) is 1.51. The molecule has 0 radical (unpaired) electrons. The van der Waals surface area contributed by atoms with Crippen LogP contribution in [0.5, 0.6) is 5.75 Å². The minimum absolute atomic E-state index is 0.0997. The van der Waals surface area contributed by atoms with E-state index >= 15 is 0 Å². The molecule has 112 valence electrons. The number of esters is 1. The highest BCUT2D eigenvalue weighted by atomic mass is 32.1. The Kier molecular flexibility index (Phi) is 5.29. The highest BCUT2D eigenvalue weighted by Crippen LogP contribution is 2.26. The van der Waals surface area contributed by atoms with Crippen molar-refractivity contribution in [2.45, 2.75) is 13.3 Å². The number of nitrogens with one attached hydrogen (secondary N) is 1. The minimum atomic E-state index is -0.333. The van der Waals surface area contributed by atoms with E-state index in [1.807, 2.05) is 0 Å². The van der Waals surface area contributed by atoms with E-state index in [9.17, 15) is 9.59 Å². The molecule has 0 aromatic carbocycles. The van der Waals surface area contributed by atoms with Crippen LogP contribution in [0.3, 0.4) is 0 Å². The van der Waals surface area contributed by atoms with Crippen LogP contribution in [0.1, 0.15) is 22.3 Å². The lowest BCUT2D eigenvalue weighted by Crippen LogP contribution is -2.11. The molecule has 1 N–H and O–H groups in total. The number of thiazole rings is 1. The van der Waals surface area contributed by atoms with Crippen LogP contribution in [0.15, 0.2) is 16.8 Å². The minimum Gasteiger partial charge on any atom is -0.495 e. The Balaban J connectivity index is 1.99. The summed E-state index contributed by atoms with van der Waals surface area (Å²) in [5.41, 5.74) is 0.576. The number of anilines is 1. The van der Waals surface area contributed by atoms with Crippen LogP contribution in [0, 0.1) is 0 Å². The van der Waals surface area contributed by atoms with Crippen LogP contribution < -0.4 is 10.1 Å². The zero-order valence-electron chi connectivity index (χ0n) is 11.5. The smallest absolute Gasteiger partial charge is 0.311 e. The summed E-state index contributed by atoms with van der Waals surface area (Å²) in [6.45, 7) is 2.09. The van der Waals surface area contributed by atoms with E-state index < -0.39 is 0 Å². The molecule has 0 unspecified atom stereocenters. The van der Waals surface area contributed by atoms with E-state index in [-0.39, 0.29) is 18.3 Å². The SMILES string of the molecule is CCOC(=O)Cc1csc(NC(=O)c2sccc2OC)n1. The predicted molar refractivity (Wildman–Crippen MR) is 81.3 cm³/mol. The zero-order valence-corrected chi connectivity index (χ0v) is 13.2. The van der Waals surface area contributed by atoms with Crippen molar-refractivity contribution in [2.75, 3.05) is 19.0 Å². The molecule has 2 rings (SSSR count). The van der Waals surface area contributed by atoms with Crippen molar-refractivity contribution >= 4 is 39.7 Å². The second kappa shape index (κ2) is 7.19. The number of aromatic nitrogens is 1. The second-order valence-electron chi connectivity index (χ2n) is 3.90. The molecule has 0 aliphatic rings. The molecule has 8 heteroatoms. The van der Waals surface area contributed by atoms with E-state index in [0.717, 1.165) is 0 Å². The molecule has 2 heterocycles. The van der Waals surface area contributed by atoms with Crippen LogP contribution in [-0.2, 0) is 16.0 Å². The van der Waals surface area contributed by atoms with Gasteiger partial charge in [-0.1, -0.05) is 0 Å². The fourth-order valence-electron chi connectivity index (χ4n) is 1.58. The molecule has 0 atom stereocenters. The van der Waals surface area contributed by atoms with Gasteiger partial charge in [0.2, 0.25) is 0 Å². The Bertz CT molecular complexity index is 636. The second-order valence-corrected chi connectivity index (χ2v) is 5.67. The summed E-state index contributed by atoms with van der Waals surface area (Å²) < 4.78 is 9.95. The lowest BCUT2D eigenvalue weighted by molar-refractivity contribution is -0.142. The van der Waals surface area contributed by atoms with Crippen molar-refractivity contribution in [1.29, 1.82) is 0 Å². The number of thiophene rings is 1. The summed E-state index contributed by atoms with van der Waals surface area (Å²) in [5.74, 6) is -0.0831. The third kappa shape index (κ3) is 4.02. The zero-order chi connectivity index (χ0) is 15.2. The van der Waals surface area contributed by atoms with Gasteiger partial charge in [0.05, 0.1) is 25.8 Å². The lowest BCUT2D eigenvalue weighted by atomic mass is 10.3. The largest absolute Gasteiger partial charge is 0.495 e. The van der Waals surface area contributed by atoms with Gasteiger partial charge in [0.25, 0.3) is 5.91 Å². The average Bonchev–Trinajstić information content (AvgIpc) is 3.07. The molecule has 21 heavy (non-hydrogen) atoms. The van der Waals surface area contributed by atoms with Gasteiger partial charge in [-0.2, -0.15) is 0 Å². The van der Waals surface area contributed by atoms with Gasteiger partial charge in [-0.15, -0.1) is 22.7 Å². The Morgan fingerprint density at radius 3 is 2.90 bits per heavy atom. The molecule has 0 saturated heterocycles. The lowest BCUT2D eigenvalue weighted by Gasteiger charge is -2.02. The Hall–Kier alpha value is -1.93. The van der Waals surface area contributed by atoms with Crippen LogP contribution >= 0.6 is 22.7 Å². The molecular weight excluding hydrogens is 312 g/mol. The summed E-state index contributed by atoms with van der Waals surface area (Å²) in [6, 6.07) is 1.73. The molecule has 2 aromatic rings. The standard InChI is InChI=1S/C13H14N2O4S2/c1-3-19-10(16)6-8-7-21-13(14-8)15-12(17)11-9(18-2)4-5-20-11/h4-5,7H,3,6H2,1-2H3,(H,14,15,17). The van der Waals surface area contributed by atoms with Crippen molar-refractivity contribution in [3.05, 3.63) is 27.4 Å². The number of rotatable bonds is 6. The number of carbonyl (C=O) groups excluding carboxylic acids is 2. The first-order valence-electron chi connectivity index (χ1n) is 6.17. The summed E-state index contributed by atoms with van der Waals surface area (Å²) in [4.78, 5) is 28.1. The first-order chi connectivity index (χ1) is 10.1. The van der Waals surface area contributed by atoms with Crippen molar-refractivity contribution < 1.29 is 19.1 Å². The molecule has 0 bridgehead atoms. The number of ether oxygens (including phenoxy) is 2. The van der Waals surface area contributed by atoms with E-state index in [1.54, 1.807) is 23.8 Å². The molecule has 0 spiro atoms. The maximum atomic E-state index is 12.1. The molecule has 1 amide bonds. The van der Waals surface area contributed by atoms with Gasteiger partial charge in [-0.3, -0.25) is 14.9 Å². The van der Waals surface area contributed by atoms with Crippen LogP contribution in [0.4, 0.5) is 5.13 Å². The summed E-state index contributed by atoms with van der Waals surface area (Å²) in [6.07, 6.45) is 0.0997. The molecule has 0 fully saturated rings. The average molecular weight is 326 g/mol. The first-order valence-corrected chi connectivity index (χ1v) is 7.92. The van der Waals surface area contributed by atoms with Crippen molar-refractivity contribution in [3.8, 4) is 5.75 Å². The normalized spacial score (nSPS) is 10.2. The molecule has 2 aromatic heterocycles. The number of nitrogens with zero attached hydrogens (tertiary/aromatic N) is 1. The van der Waals surface area contributed by atoms with Crippen LogP contribution in [0.25, 0.3) is 0 Å². The van der Waals surface area contributed by atoms with E-state index in [0.29, 0.717) is 28.1 Å². The van der Waals surface area contributed by atoms with Gasteiger partial charge in [-0.25, -0.2) is 4.98 Å². The molecule has 0 aliphatic heterocycles. The predicted octanol–water partition coefficient (Wildman–Crippen LogP) is 2.57. The first kappa shape index (κ1) is 15.5. The Morgan fingerprint density at radius 1 is 1.38 bits per heavy atom. The van der Waals surface area contributed by atoms with E-state index in [4.69, 9.17) is 9.47 Å². The molecule has 0 aliphatic carbocycles. The fourth-order valence-corrected chi connectivity index (χ4v) is 3.04. The fraction of sp³-hybridized carbons (Fsp3) is 0.308. The van der Waals surface area contributed by atoms with Crippen molar-refractivity contribution in [3.63, 3.8) is 0 Å². The van der Waals surface area contributed by atoms with E-state index in [1.165, 1.54) is 29.8 Å². The van der Waals surface area contributed by atoms with Gasteiger partial charge in [-0.05, 0) is 18.4 Å². The number of carbonyl (C=O) groups is 2. The van der Waals surface area contributed by atoms with Gasteiger partial charge < -0.3 is 9.47 Å². The number of amides is 1. The van der Waals surface area contributed by atoms with Crippen LogP contribution in [0.2, 0.25) is 0 Å². The van der Waals surface area contributed by atoms with Gasteiger partial charge in [0.1, 0.15) is 10.6 Å². The quantitative estimate of drug-likeness (QED) is 0.826. The molecule has 6 nitrogen and oxygen atoms in total. The van der Waals surface area contributed by atoms with Gasteiger partial charge in [0.15, 0.2) is 5.13 Å². The maximum absolute atomic E-state index is 12.1. The highest BCUT2D eigenvalue weighted by molar-refractivity contribution is 7.14. The number of hydrogen-bond acceptors (Lipinski definition) is 7. The van der Waals surface area contributed by atoms with Gasteiger partial charge >= 0.3 is 5.97 Å². The number of hydrogen-bond donors (Lipinski definition) is 1. The molecule has 0 saturated carbocycles. The maximum Gasteiger partial charge on any atom is 0.311 e. The summed E-state index contributed by atoms with van der Waals surface area (Å²) >= 11 is 2.55. The monoisotopic (exact) mass is 326 g/mol.